The molecule has 0 amide bonds. The van der Waals surface area contributed by atoms with Gasteiger partial charge >= 0.3 is 0 Å². The summed E-state index contributed by atoms with van der Waals surface area (Å²) in [5, 5.41) is 19.3. The molecule has 0 unspecified atom stereocenters. The van der Waals surface area contributed by atoms with Gasteiger partial charge in [-0.3, -0.25) is 4.90 Å². The highest BCUT2D eigenvalue weighted by molar-refractivity contribution is 5.65. The molecular weight excluding hydrogens is 344 g/mol. The lowest BCUT2D eigenvalue weighted by Gasteiger charge is -2.38. The van der Waals surface area contributed by atoms with Crippen LogP contribution >= 0.6 is 0 Å². The van der Waals surface area contributed by atoms with Gasteiger partial charge in [-0.25, -0.2) is 0 Å². The van der Waals surface area contributed by atoms with Gasteiger partial charge in [-0.05, 0) is 48.5 Å². The van der Waals surface area contributed by atoms with Crippen LogP contribution in [0.15, 0.2) is 48.5 Å². The monoisotopic (exact) mass is 380 g/mol. The average molecular weight is 381 g/mol. The normalized spacial score (nSPS) is 15.3. The minimum absolute atomic E-state index is 0.157. The number of hydrogen-bond acceptors (Lipinski definition) is 3. The van der Waals surface area contributed by atoms with Crippen molar-refractivity contribution in [2.45, 2.75) is 60.4 Å². The molecule has 0 aromatic heterocycles. The number of nitrogens with zero attached hydrogens (tertiary/aromatic N) is 2. The van der Waals surface area contributed by atoms with Gasteiger partial charge in [-0.2, -0.15) is 5.26 Å². The number of phenols is 1. The van der Waals surface area contributed by atoms with Gasteiger partial charge in [0.15, 0.2) is 0 Å². The predicted octanol–water partition coefficient (Wildman–Crippen LogP) is 6.63. The first kappa shape index (κ1) is 23.7. The van der Waals surface area contributed by atoms with Crippen LogP contribution in [0.2, 0.25) is 0 Å². The highest BCUT2D eigenvalue weighted by atomic mass is 16.3. The molecule has 0 saturated carbocycles. The van der Waals surface area contributed by atoms with Gasteiger partial charge in [0.1, 0.15) is 5.75 Å². The van der Waals surface area contributed by atoms with E-state index in [1.54, 1.807) is 0 Å². The molecule has 28 heavy (non-hydrogen) atoms. The summed E-state index contributed by atoms with van der Waals surface area (Å²) >= 11 is 0. The highest BCUT2D eigenvalue weighted by Crippen LogP contribution is 2.35. The summed E-state index contributed by atoms with van der Waals surface area (Å²) < 4.78 is 0. The maximum atomic E-state index is 10.4. The second-order valence-electron chi connectivity index (χ2n) is 7.13. The van der Waals surface area contributed by atoms with Gasteiger partial charge in [0.05, 0.1) is 6.07 Å². The molecule has 1 aliphatic rings. The Hall–Kier alpha value is -2.31. The van der Waals surface area contributed by atoms with Crippen molar-refractivity contribution in [3.63, 3.8) is 0 Å². The van der Waals surface area contributed by atoms with Crippen molar-refractivity contribution in [1.82, 2.24) is 4.90 Å². The van der Waals surface area contributed by atoms with E-state index in [4.69, 9.17) is 5.26 Å². The zero-order valence-electron chi connectivity index (χ0n) is 18.2. The Morgan fingerprint density at radius 2 is 1.57 bits per heavy atom. The fraction of sp³-hybridized carbons (Fsp3) is 0.480. The minimum atomic E-state index is 0.157. The molecule has 0 aliphatic carbocycles. The molecule has 2 aromatic rings. The van der Waals surface area contributed by atoms with Crippen LogP contribution in [0, 0.1) is 16.7 Å². The molecule has 0 bridgehead atoms. The molecule has 3 heteroatoms. The Balaban J connectivity index is 0.000000921. The van der Waals surface area contributed by atoms with Crippen LogP contribution in [0.1, 0.15) is 59.4 Å². The van der Waals surface area contributed by atoms with Crippen LogP contribution in [0.3, 0.4) is 0 Å². The van der Waals surface area contributed by atoms with E-state index < -0.39 is 0 Å². The molecule has 0 radical (unpaired) electrons. The number of aromatic hydroxyl groups is 1. The van der Waals surface area contributed by atoms with Crippen molar-refractivity contribution in [3.05, 3.63) is 54.1 Å². The molecular formula is C25H36N2O. The van der Waals surface area contributed by atoms with Gasteiger partial charge in [-0.15, -0.1) is 0 Å². The molecule has 1 aliphatic heterocycles. The Morgan fingerprint density at radius 1 is 0.964 bits per heavy atom. The lowest BCUT2D eigenvalue weighted by Crippen LogP contribution is -2.38. The van der Waals surface area contributed by atoms with E-state index in [0.717, 1.165) is 49.2 Å². The Bertz CT molecular complexity index is 726. The third-order valence-electron chi connectivity index (χ3n) is 5.16. The highest BCUT2D eigenvalue weighted by Gasteiger charge is 2.29. The number of benzene rings is 2. The van der Waals surface area contributed by atoms with Gasteiger partial charge < -0.3 is 5.11 Å². The van der Waals surface area contributed by atoms with Crippen LogP contribution in [0.25, 0.3) is 11.1 Å². The van der Waals surface area contributed by atoms with Crippen LogP contribution in [0.5, 0.6) is 5.75 Å². The Kier molecular flexibility index (Phi) is 10.3. The lowest BCUT2D eigenvalue weighted by molar-refractivity contribution is 0.115. The Labute approximate surface area is 171 Å². The van der Waals surface area contributed by atoms with E-state index in [0.29, 0.717) is 12.2 Å². The summed E-state index contributed by atoms with van der Waals surface area (Å²) in [5.74, 6) is 0.363. The molecule has 2 aromatic carbocycles. The fourth-order valence-electron chi connectivity index (χ4n) is 3.37. The van der Waals surface area contributed by atoms with Gasteiger partial charge in [0.25, 0.3) is 0 Å². The van der Waals surface area contributed by atoms with Crippen molar-refractivity contribution >= 4 is 0 Å². The van der Waals surface area contributed by atoms with E-state index in [1.165, 1.54) is 0 Å². The van der Waals surface area contributed by atoms with Crippen LogP contribution in [0.4, 0.5) is 0 Å². The number of piperidine rings is 1. The van der Waals surface area contributed by atoms with Crippen molar-refractivity contribution < 1.29 is 5.11 Å². The summed E-state index contributed by atoms with van der Waals surface area (Å²) in [6.07, 6.45) is 2.73. The maximum Gasteiger partial charge on any atom is 0.120 e. The van der Waals surface area contributed by atoms with E-state index >= 15 is 0 Å². The number of hydrogen-bond donors (Lipinski definition) is 1. The second-order valence-corrected chi connectivity index (χ2v) is 7.13. The minimum Gasteiger partial charge on any atom is -0.508 e. The summed E-state index contributed by atoms with van der Waals surface area (Å²) in [5.41, 5.74) is 3.28. The van der Waals surface area contributed by atoms with Gasteiger partial charge in [0, 0.05) is 18.5 Å². The standard InChI is InChI=1S/C21H24N2O.2C2H6/c1-21(9-12-22)10-13-23(14-11-21)16-19-8-7-18(15-20(19)24)17-5-3-2-4-6-17;2*1-2/h2-8,15,24H,9-11,13-14,16H2,1H3;2*1-2H3. The number of likely N-dealkylation sites (tertiary alicyclic amines) is 1. The molecule has 3 rings (SSSR count). The SMILES string of the molecule is CC.CC.CC1(CC#N)CCN(Cc2ccc(-c3ccccc3)cc2O)CC1. The smallest absolute Gasteiger partial charge is 0.120 e. The summed E-state index contributed by atoms with van der Waals surface area (Å²) in [6, 6.07) is 18.4. The Morgan fingerprint density at radius 3 is 2.11 bits per heavy atom. The lowest BCUT2D eigenvalue weighted by atomic mass is 9.78. The quantitative estimate of drug-likeness (QED) is 0.647. The zero-order chi connectivity index (χ0) is 21.0. The summed E-state index contributed by atoms with van der Waals surface area (Å²) in [6.45, 7) is 12.9. The molecule has 1 fully saturated rings. The van der Waals surface area contributed by atoms with Crippen molar-refractivity contribution in [3.8, 4) is 22.9 Å². The number of phenolic OH excluding ortho intramolecular Hbond substituents is 1. The second kappa shape index (κ2) is 12.2. The predicted molar refractivity (Wildman–Crippen MR) is 119 cm³/mol. The topological polar surface area (TPSA) is 47.3 Å². The van der Waals surface area contributed by atoms with Crippen molar-refractivity contribution in [2.24, 2.45) is 5.41 Å². The maximum absolute atomic E-state index is 10.4. The van der Waals surface area contributed by atoms with Crippen molar-refractivity contribution in [1.29, 1.82) is 5.26 Å². The van der Waals surface area contributed by atoms with Gasteiger partial charge in [0.2, 0.25) is 0 Å². The van der Waals surface area contributed by atoms with E-state index in [9.17, 15) is 5.11 Å². The zero-order valence-corrected chi connectivity index (χ0v) is 18.2. The van der Waals surface area contributed by atoms with E-state index in [1.807, 2.05) is 58.0 Å². The molecule has 1 N–H and O–H groups in total. The largest absolute Gasteiger partial charge is 0.508 e. The molecule has 152 valence electrons. The summed E-state index contributed by atoms with van der Waals surface area (Å²) in [4.78, 5) is 2.37. The van der Waals surface area contributed by atoms with E-state index in [-0.39, 0.29) is 5.41 Å². The number of nitriles is 1. The molecule has 1 saturated heterocycles. The third-order valence-corrected chi connectivity index (χ3v) is 5.16. The van der Waals surface area contributed by atoms with E-state index in [2.05, 4.69) is 36.1 Å². The summed E-state index contributed by atoms with van der Waals surface area (Å²) in [7, 11) is 0. The van der Waals surface area contributed by atoms with Crippen LogP contribution in [-0.2, 0) is 6.54 Å². The molecule has 0 atom stereocenters. The molecule has 3 nitrogen and oxygen atoms in total. The van der Waals surface area contributed by atoms with Gasteiger partial charge in [-0.1, -0.05) is 77.1 Å². The first-order chi connectivity index (χ1) is 13.6. The average Bonchev–Trinajstić information content (AvgIpc) is 2.75. The third kappa shape index (κ3) is 6.69. The van der Waals surface area contributed by atoms with Crippen LogP contribution < -0.4 is 0 Å². The molecule has 0 spiro atoms. The van der Waals surface area contributed by atoms with Crippen molar-refractivity contribution in [2.75, 3.05) is 13.1 Å². The number of rotatable bonds is 4. The first-order valence-electron chi connectivity index (χ1n) is 10.6. The fourth-order valence-corrected chi connectivity index (χ4v) is 3.37. The molecule has 1 heterocycles. The van der Waals surface area contributed by atoms with Crippen LogP contribution in [-0.4, -0.2) is 23.1 Å². The first-order valence-corrected chi connectivity index (χ1v) is 10.6.